The van der Waals surface area contributed by atoms with Gasteiger partial charge in [-0.25, -0.2) is 4.79 Å². The molecule has 0 heterocycles. The number of hydrogen-bond acceptors (Lipinski definition) is 3. The van der Waals surface area contributed by atoms with Gasteiger partial charge in [-0.2, -0.15) is 0 Å². The molecule has 0 saturated heterocycles. The Kier molecular flexibility index (Phi) is 4.23. The van der Waals surface area contributed by atoms with Crippen LogP contribution in [0.2, 0.25) is 0 Å². The van der Waals surface area contributed by atoms with Gasteiger partial charge in [0.2, 0.25) is 0 Å². The fourth-order valence-corrected chi connectivity index (χ4v) is 0.481. The van der Waals surface area contributed by atoms with Gasteiger partial charge >= 0.3 is 6.03 Å². The molecule has 0 spiro atoms. The zero-order valence-corrected chi connectivity index (χ0v) is 8.79. The molecule has 0 atom stereocenters. The highest BCUT2D eigenvalue weighted by atomic mass is 16.6. The van der Waals surface area contributed by atoms with Crippen molar-refractivity contribution in [3.63, 3.8) is 0 Å². The molecule has 13 heavy (non-hydrogen) atoms. The Morgan fingerprint density at radius 2 is 2.08 bits per heavy atom. The molecule has 0 saturated carbocycles. The molecule has 2 amide bonds. The van der Waals surface area contributed by atoms with E-state index in [9.17, 15) is 4.79 Å². The number of rotatable bonds is 2. The molecule has 0 aromatic heterocycles. The van der Waals surface area contributed by atoms with Gasteiger partial charge in [0.05, 0.1) is 0 Å². The number of carbonyl (C=O) groups is 1. The van der Waals surface area contributed by atoms with E-state index in [1.54, 1.807) is 14.1 Å². The Labute approximate surface area is 78.7 Å². The molecule has 0 bridgehead atoms. The molecule has 0 aliphatic rings. The van der Waals surface area contributed by atoms with Crippen molar-refractivity contribution < 1.29 is 9.63 Å². The molecule has 0 aromatic rings. The summed E-state index contributed by atoms with van der Waals surface area (Å²) in [6.45, 7) is 5.64. The normalized spacial score (nSPS) is 11.5. The van der Waals surface area contributed by atoms with Gasteiger partial charge in [-0.15, -0.1) is 0 Å². The Morgan fingerprint density at radius 1 is 1.54 bits per heavy atom. The predicted octanol–water partition coefficient (Wildman–Crippen LogP) is 1.02. The van der Waals surface area contributed by atoms with Crippen LogP contribution in [0, 0.1) is 0 Å². The van der Waals surface area contributed by atoms with Crippen LogP contribution in [0.15, 0.2) is 5.16 Å². The summed E-state index contributed by atoms with van der Waals surface area (Å²) < 4.78 is 0. The van der Waals surface area contributed by atoms with E-state index >= 15 is 0 Å². The van der Waals surface area contributed by atoms with Gasteiger partial charge in [0.1, 0.15) is 11.9 Å². The molecule has 5 nitrogen and oxygen atoms in total. The number of oxime groups is 1. The Balaban J connectivity index is 3.92. The summed E-state index contributed by atoms with van der Waals surface area (Å²) in [5, 5.41) is 6.10. The Hall–Kier alpha value is -1.26. The van der Waals surface area contributed by atoms with Crippen LogP contribution in [-0.2, 0) is 4.84 Å². The summed E-state index contributed by atoms with van der Waals surface area (Å²) in [4.78, 5) is 17.3. The molecule has 0 radical (unpaired) electrons. The van der Waals surface area contributed by atoms with Crippen LogP contribution in [0.4, 0.5) is 4.79 Å². The van der Waals surface area contributed by atoms with E-state index in [1.165, 1.54) is 11.2 Å². The van der Waals surface area contributed by atoms with Gasteiger partial charge in [0.15, 0.2) is 0 Å². The second-order valence-electron chi connectivity index (χ2n) is 3.59. The highest BCUT2D eigenvalue weighted by Gasteiger charge is 2.10. The summed E-state index contributed by atoms with van der Waals surface area (Å²) in [5.41, 5.74) is -0.333. The van der Waals surface area contributed by atoms with Crippen molar-refractivity contribution >= 4 is 12.4 Å². The molecule has 0 unspecified atom stereocenters. The van der Waals surface area contributed by atoms with Crippen molar-refractivity contribution in [1.82, 2.24) is 10.2 Å². The first-order valence-electron chi connectivity index (χ1n) is 4.03. The number of carbonyl (C=O) groups excluding carboxylic acids is 1. The van der Waals surface area contributed by atoms with Crippen LogP contribution < -0.4 is 5.32 Å². The minimum absolute atomic E-state index is 0.235. The van der Waals surface area contributed by atoms with E-state index in [2.05, 4.69) is 10.5 Å². The summed E-state index contributed by atoms with van der Waals surface area (Å²) in [6.07, 6.45) is 1.32. The minimum Gasteiger partial charge on any atom is -0.389 e. The van der Waals surface area contributed by atoms with Crippen molar-refractivity contribution in [2.24, 2.45) is 5.16 Å². The van der Waals surface area contributed by atoms with Gasteiger partial charge in [-0.1, -0.05) is 5.16 Å². The lowest BCUT2D eigenvalue weighted by molar-refractivity contribution is 0.000541. The molecule has 0 rings (SSSR count). The zero-order valence-electron chi connectivity index (χ0n) is 8.79. The third-order valence-electron chi connectivity index (χ3n) is 1.08. The van der Waals surface area contributed by atoms with Crippen LogP contribution in [0.3, 0.4) is 0 Å². The van der Waals surface area contributed by atoms with E-state index in [1.807, 2.05) is 20.8 Å². The standard InChI is InChI=1S/C8H17N3O2/c1-8(2,3)13-10-6-11(5)7(12)9-4/h6H,1-5H3,(H,9,12)/b10-6+. The lowest BCUT2D eigenvalue weighted by Crippen LogP contribution is -2.34. The SMILES string of the molecule is CNC(=O)N(C)/C=N/OC(C)(C)C. The van der Waals surface area contributed by atoms with E-state index in [4.69, 9.17) is 4.84 Å². The minimum atomic E-state index is -0.333. The highest BCUT2D eigenvalue weighted by molar-refractivity contribution is 5.85. The average molecular weight is 187 g/mol. The molecule has 0 fully saturated rings. The summed E-state index contributed by atoms with van der Waals surface area (Å²) >= 11 is 0. The van der Waals surface area contributed by atoms with Gasteiger partial charge < -0.3 is 10.2 Å². The van der Waals surface area contributed by atoms with Crippen molar-refractivity contribution in [1.29, 1.82) is 0 Å². The maximum atomic E-state index is 10.9. The van der Waals surface area contributed by atoms with E-state index in [-0.39, 0.29) is 11.6 Å². The third-order valence-corrected chi connectivity index (χ3v) is 1.08. The topological polar surface area (TPSA) is 53.9 Å². The first-order valence-corrected chi connectivity index (χ1v) is 4.03. The van der Waals surface area contributed by atoms with Crippen molar-refractivity contribution in [2.45, 2.75) is 26.4 Å². The monoisotopic (exact) mass is 187 g/mol. The van der Waals surface area contributed by atoms with E-state index < -0.39 is 0 Å². The van der Waals surface area contributed by atoms with Gasteiger partial charge in [-0.3, -0.25) is 4.90 Å². The Morgan fingerprint density at radius 3 is 2.46 bits per heavy atom. The predicted molar refractivity (Wildman–Crippen MR) is 51.5 cm³/mol. The summed E-state index contributed by atoms with van der Waals surface area (Å²) in [7, 11) is 3.14. The van der Waals surface area contributed by atoms with Crippen LogP contribution in [0.25, 0.3) is 0 Å². The van der Waals surface area contributed by atoms with Gasteiger partial charge in [0.25, 0.3) is 0 Å². The van der Waals surface area contributed by atoms with Crippen LogP contribution in [0.1, 0.15) is 20.8 Å². The second kappa shape index (κ2) is 4.69. The molecular formula is C8H17N3O2. The quantitative estimate of drug-likeness (QED) is 0.398. The summed E-state index contributed by atoms with van der Waals surface area (Å²) in [6, 6.07) is -0.235. The van der Waals surface area contributed by atoms with Crippen LogP contribution in [-0.4, -0.2) is 37.0 Å². The fraction of sp³-hybridized carbons (Fsp3) is 0.750. The number of amides is 2. The van der Waals surface area contributed by atoms with Crippen LogP contribution >= 0.6 is 0 Å². The second-order valence-corrected chi connectivity index (χ2v) is 3.59. The van der Waals surface area contributed by atoms with Crippen molar-refractivity contribution in [3.8, 4) is 0 Å². The number of nitrogens with zero attached hydrogens (tertiary/aromatic N) is 2. The maximum absolute atomic E-state index is 10.9. The zero-order chi connectivity index (χ0) is 10.5. The highest BCUT2D eigenvalue weighted by Crippen LogP contribution is 2.05. The maximum Gasteiger partial charge on any atom is 0.322 e. The van der Waals surface area contributed by atoms with E-state index in [0.717, 1.165) is 0 Å². The fourth-order valence-electron chi connectivity index (χ4n) is 0.481. The van der Waals surface area contributed by atoms with Gasteiger partial charge in [-0.05, 0) is 20.8 Å². The lowest BCUT2D eigenvalue weighted by atomic mass is 10.2. The average Bonchev–Trinajstić information content (AvgIpc) is 2.00. The Bertz CT molecular complexity index is 196. The molecule has 0 aliphatic heterocycles. The molecule has 5 heteroatoms. The lowest BCUT2D eigenvalue weighted by Gasteiger charge is -2.16. The van der Waals surface area contributed by atoms with Gasteiger partial charge in [0, 0.05) is 14.1 Å². The number of urea groups is 1. The first-order chi connectivity index (χ1) is 5.87. The summed E-state index contributed by atoms with van der Waals surface area (Å²) in [5.74, 6) is 0. The first kappa shape index (κ1) is 11.7. The number of nitrogens with one attached hydrogen (secondary N) is 1. The smallest absolute Gasteiger partial charge is 0.322 e. The molecule has 0 aromatic carbocycles. The van der Waals surface area contributed by atoms with Crippen molar-refractivity contribution in [3.05, 3.63) is 0 Å². The number of hydrogen-bond donors (Lipinski definition) is 1. The molecular weight excluding hydrogens is 170 g/mol. The third kappa shape index (κ3) is 5.95. The van der Waals surface area contributed by atoms with E-state index in [0.29, 0.717) is 0 Å². The molecule has 0 aliphatic carbocycles. The van der Waals surface area contributed by atoms with Crippen molar-refractivity contribution in [2.75, 3.05) is 14.1 Å². The molecule has 76 valence electrons. The largest absolute Gasteiger partial charge is 0.389 e. The molecule has 1 N–H and O–H groups in total. The van der Waals surface area contributed by atoms with Crippen LogP contribution in [0.5, 0.6) is 0 Å².